The summed E-state index contributed by atoms with van der Waals surface area (Å²) < 4.78 is 0. The van der Waals surface area contributed by atoms with E-state index in [0.29, 0.717) is 10.5 Å². The largest absolute Gasteiger partial charge is 0.123 e. The van der Waals surface area contributed by atoms with Gasteiger partial charge in [-0.15, -0.1) is 23.5 Å². The second-order valence-electron chi connectivity index (χ2n) is 3.72. The standard InChI is InChI=1S/C12H17S2/c1-9(2)13-11-5-7-12(8-6-11)14-10(3)4/h5-7,9-10H,1-4H3. The number of thioether (sulfide) groups is 2. The zero-order chi connectivity index (χ0) is 10.6. The number of hydrogen-bond donors (Lipinski definition) is 0. The number of rotatable bonds is 4. The maximum atomic E-state index is 3.32. The molecule has 0 aliphatic heterocycles. The van der Waals surface area contributed by atoms with Gasteiger partial charge in [-0.25, -0.2) is 0 Å². The maximum absolute atomic E-state index is 3.32. The second kappa shape index (κ2) is 5.72. The van der Waals surface area contributed by atoms with Gasteiger partial charge < -0.3 is 0 Å². The van der Waals surface area contributed by atoms with Crippen molar-refractivity contribution >= 4 is 23.5 Å². The van der Waals surface area contributed by atoms with Gasteiger partial charge in [-0.1, -0.05) is 27.7 Å². The van der Waals surface area contributed by atoms with Gasteiger partial charge in [-0.2, -0.15) is 0 Å². The van der Waals surface area contributed by atoms with Crippen molar-refractivity contribution in [2.24, 2.45) is 0 Å². The normalized spacial score (nSPS) is 11.3. The van der Waals surface area contributed by atoms with Crippen molar-refractivity contribution < 1.29 is 0 Å². The van der Waals surface area contributed by atoms with E-state index in [1.54, 1.807) is 0 Å². The third-order valence-electron chi connectivity index (χ3n) is 1.49. The van der Waals surface area contributed by atoms with E-state index in [2.05, 4.69) is 52.0 Å². The maximum Gasteiger partial charge on any atom is 0.0154 e. The molecule has 0 atom stereocenters. The van der Waals surface area contributed by atoms with Crippen molar-refractivity contribution in [1.29, 1.82) is 0 Å². The zero-order valence-electron chi connectivity index (χ0n) is 9.20. The van der Waals surface area contributed by atoms with Crippen LogP contribution in [0.2, 0.25) is 0 Å². The number of benzene rings is 1. The summed E-state index contributed by atoms with van der Waals surface area (Å²) in [4.78, 5) is 2.56. The average molecular weight is 225 g/mol. The van der Waals surface area contributed by atoms with E-state index in [4.69, 9.17) is 0 Å². The van der Waals surface area contributed by atoms with Gasteiger partial charge in [-0.05, 0) is 24.3 Å². The molecule has 0 aliphatic carbocycles. The fourth-order valence-corrected chi connectivity index (χ4v) is 2.67. The van der Waals surface area contributed by atoms with Crippen LogP contribution in [0.15, 0.2) is 28.0 Å². The van der Waals surface area contributed by atoms with Crippen molar-refractivity contribution in [2.75, 3.05) is 0 Å². The lowest BCUT2D eigenvalue weighted by Gasteiger charge is -2.07. The zero-order valence-corrected chi connectivity index (χ0v) is 10.8. The molecule has 0 aliphatic rings. The molecule has 0 fully saturated rings. The molecule has 0 unspecified atom stereocenters. The Morgan fingerprint density at radius 1 is 1.00 bits per heavy atom. The summed E-state index contributed by atoms with van der Waals surface area (Å²) in [5, 5.41) is 1.28. The van der Waals surface area contributed by atoms with Crippen LogP contribution in [0.5, 0.6) is 0 Å². The van der Waals surface area contributed by atoms with Crippen molar-refractivity contribution in [3.05, 3.63) is 24.3 Å². The van der Waals surface area contributed by atoms with Crippen LogP contribution in [0.25, 0.3) is 0 Å². The molecule has 2 heteroatoms. The summed E-state index contributed by atoms with van der Waals surface area (Å²) in [6, 6.07) is 9.76. The molecule has 0 saturated heterocycles. The lowest BCUT2D eigenvalue weighted by Crippen LogP contribution is -1.87. The van der Waals surface area contributed by atoms with Gasteiger partial charge in [-0.3, -0.25) is 0 Å². The molecule has 1 radical (unpaired) electrons. The molecule has 0 N–H and O–H groups in total. The van der Waals surface area contributed by atoms with Gasteiger partial charge in [0.2, 0.25) is 0 Å². The summed E-state index contributed by atoms with van der Waals surface area (Å²) in [6.45, 7) is 8.83. The molecule has 0 heterocycles. The van der Waals surface area contributed by atoms with Crippen LogP contribution >= 0.6 is 23.5 Å². The first-order valence-corrected chi connectivity index (χ1v) is 6.69. The molecule has 0 bridgehead atoms. The van der Waals surface area contributed by atoms with Crippen LogP contribution in [0, 0.1) is 6.07 Å². The van der Waals surface area contributed by atoms with Gasteiger partial charge in [0.05, 0.1) is 0 Å². The molecule has 77 valence electrons. The quantitative estimate of drug-likeness (QED) is 0.693. The van der Waals surface area contributed by atoms with Crippen LogP contribution in [-0.2, 0) is 0 Å². The number of hydrogen-bond acceptors (Lipinski definition) is 2. The highest BCUT2D eigenvalue weighted by molar-refractivity contribution is 8.00. The molecular weight excluding hydrogens is 208 g/mol. The molecule has 0 nitrogen and oxygen atoms in total. The summed E-state index contributed by atoms with van der Waals surface area (Å²) in [5.74, 6) is 0. The molecular formula is C12H17S2. The Kier molecular flexibility index (Phi) is 4.90. The monoisotopic (exact) mass is 225 g/mol. The SMILES string of the molecule is CC(C)Sc1[c]cc(SC(C)C)cc1. The highest BCUT2D eigenvalue weighted by Crippen LogP contribution is 2.27. The van der Waals surface area contributed by atoms with Crippen LogP contribution in [0.3, 0.4) is 0 Å². The summed E-state index contributed by atoms with van der Waals surface area (Å²) in [7, 11) is 0. The molecule has 1 aromatic carbocycles. The lowest BCUT2D eigenvalue weighted by atomic mass is 10.4. The topological polar surface area (TPSA) is 0 Å². The Bertz CT molecular complexity index is 233. The molecule has 0 spiro atoms. The summed E-state index contributed by atoms with van der Waals surface area (Å²) in [5.41, 5.74) is 0. The Hall–Kier alpha value is -0.0800. The first kappa shape index (κ1) is 12.0. The minimum absolute atomic E-state index is 0.634. The smallest absolute Gasteiger partial charge is 0.0154 e. The van der Waals surface area contributed by atoms with Crippen LogP contribution in [0.4, 0.5) is 0 Å². The highest BCUT2D eigenvalue weighted by atomic mass is 32.2. The van der Waals surface area contributed by atoms with Gasteiger partial charge >= 0.3 is 0 Å². The predicted octanol–water partition coefficient (Wildman–Crippen LogP) is 4.49. The third-order valence-corrected chi connectivity index (χ3v) is 3.47. The lowest BCUT2D eigenvalue weighted by molar-refractivity contribution is 1.10. The Labute approximate surface area is 95.9 Å². The summed E-state index contributed by atoms with van der Waals surface area (Å²) >= 11 is 3.75. The van der Waals surface area contributed by atoms with E-state index in [-0.39, 0.29) is 0 Å². The minimum atomic E-state index is 0.634. The third kappa shape index (κ3) is 4.43. The van der Waals surface area contributed by atoms with Gasteiger partial charge in [0.1, 0.15) is 0 Å². The average Bonchev–Trinajstić information content (AvgIpc) is 2.06. The Morgan fingerprint density at radius 3 is 2.07 bits per heavy atom. The van der Waals surface area contributed by atoms with Crippen LogP contribution in [-0.4, -0.2) is 10.5 Å². The Balaban J connectivity index is 2.59. The van der Waals surface area contributed by atoms with E-state index in [9.17, 15) is 0 Å². The molecule has 14 heavy (non-hydrogen) atoms. The fraction of sp³-hybridized carbons (Fsp3) is 0.500. The molecule has 1 rings (SSSR count). The minimum Gasteiger partial charge on any atom is -0.123 e. The van der Waals surface area contributed by atoms with E-state index >= 15 is 0 Å². The first-order chi connectivity index (χ1) is 6.58. The van der Waals surface area contributed by atoms with Gasteiger partial charge in [0, 0.05) is 20.3 Å². The van der Waals surface area contributed by atoms with E-state index in [0.717, 1.165) is 0 Å². The fourth-order valence-electron chi connectivity index (χ4n) is 1.07. The molecule has 0 amide bonds. The van der Waals surface area contributed by atoms with Gasteiger partial charge in [0.25, 0.3) is 0 Å². The van der Waals surface area contributed by atoms with Crippen molar-refractivity contribution in [2.45, 2.75) is 48.0 Å². The van der Waals surface area contributed by atoms with Crippen LogP contribution < -0.4 is 0 Å². The summed E-state index contributed by atoms with van der Waals surface area (Å²) in [6.07, 6.45) is 0. The van der Waals surface area contributed by atoms with E-state index in [1.165, 1.54) is 9.79 Å². The second-order valence-corrected chi connectivity index (χ2v) is 6.99. The molecule has 0 saturated carbocycles. The van der Waals surface area contributed by atoms with E-state index < -0.39 is 0 Å². The first-order valence-electron chi connectivity index (χ1n) is 4.93. The molecule has 1 aromatic rings. The molecule has 0 aromatic heterocycles. The van der Waals surface area contributed by atoms with E-state index in [1.807, 2.05) is 23.5 Å². The van der Waals surface area contributed by atoms with Crippen molar-refractivity contribution in [3.63, 3.8) is 0 Å². The Morgan fingerprint density at radius 2 is 1.64 bits per heavy atom. The van der Waals surface area contributed by atoms with Crippen molar-refractivity contribution in [3.8, 4) is 0 Å². The van der Waals surface area contributed by atoms with Crippen LogP contribution in [0.1, 0.15) is 27.7 Å². The predicted molar refractivity (Wildman–Crippen MR) is 67.3 cm³/mol. The highest BCUT2D eigenvalue weighted by Gasteiger charge is 2.00. The van der Waals surface area contributed by atoms with Crippen molar-refractivity contribution in [1.82, 2.24) is 0 Å². The van der Waals surface area contributed by atoms with Gasteiger partial charge in [0.15, 0.2) is 0 Å².